The SMILES string of the molecule is C[C@H](NC(=O)COC(=O)c1ccccc1COc1ccccc1)c1ccc2c(c1)OCO2. The van der Waals surface area contributed by atoms with Crippen molar-refractivity contribution in [1.82, 2.24) is 5.32 Å². The van der Waals surface area contributed by atoms with Crippen molar-refractivity contribution in [2.45, 2.75) is 19.6 Å². The smallest absolute Gasteiger partial charge is 0.339 e. The molecule has 7 nitrogen and oxygen atoms in total. The second-order valence-corrected chi connectivity index (χ2v) is 7.24. The monoisotopic (exact) mass is 433 g/mol. The van der Waals surface area contributed by atoms with Gasteiger partial charge in [0.15, 0.2) is 18.1 Å². The molecule has 0 aromatic heterocycles. The van der Waals surface area contributed by atoms with Crippen molar-refractivity contribution in [3.63, 3.8) is 0 Å². The molecule has 0 saturated carbocycles. The van der Waals surface area contributed by atoms with Crippen LogP contribution in [0.2, 0.25) is 0 Å². The van der Waals surface area contributed by atoms with Gasteiger partial charge >= 0.3 is 5.97 Å². The molecule has 32 heavy (non-hydrogen) atoms. The average molecular weight is 433 g/mol. The molecule has 7 heteroatoms. The number of amides is 1. The Labute approximate surface area is 185 Å². The topological polar surface area (TPSA) is 83.1 Å². The lowest BCUT2D eigenvalue weighted by Crippen LogP contribution is -2.31. The van der Waals surface area contributed by atoms with Gasteiger partial charge in [-0.2, -0.15) is 0 Å². The maximum atomic E-state index is 12.6. The van der Waals surface area contributed by atoms with Crippen LogP contribution in [0.1, 0.15) is 34.5 Å². The Bertz CT molecular complexity index is 1100. The highest BCUT2D eigenvalue weighted by Crippen LogP contribution is 2.34. The number of rotatable bonds is 8. The van der Waals surface area contributed by atoms with Crippen LogP contribution in [0.4, 0.5) is 0 Å². The molecule has 0 saturated heterocycles. The second-order valence-electron chi connectivity index (χ2n) is 7.24. The molecular weight excluding hydrogens is 410 g/mol. The molecule has 4 rings (SSSR count). The van der Waals surface area contributed by atoms with Gasteiger partial charge < -0.3 is 24.3 Å². The minimum Gasteiger partial charge on any atom is -0.489 e. The zero-order valence-corrected chi connectivity index (χ0v) is 17.6. The van der Waals surface area contributed by atoms with Crippen molar-refractivity contribution in [3.8, 4) is 17.2 Å². The van der Waals surface area contributed by atoms with Crippen LogP contribution >= 0.6 is 0 Å². The molecule has 0 aliphatic carbocycles. The van der Waals surface area contributed by atoms with E-state index in [0.717, 1.165) is 5.56 Å². The van der Waals surface area contributed by atoms with Crippen molar-refractivity contribution in [2.75, 3.05) is 13.4 Å². The van der Waals surface area contributed by atoms with Crippen molar-refractivity contribution in [1.29, 1.82) is 0 Å². The minimum atomic E-state index is -0.580. The molecule has 1 aliphatic rings. The zero-order valence-electron chi connectivity index (χ0n) is 17.6. The van der Waals surface area contributed by atoms with Gasteiger partial charge in [-0.1, -0.05) is 42.5 Å². The summed E-state index contributed by atoms with van der Waals surface area (Å²) in [6.07, 6.45) is 0. The third kappa shape index (κ3) is 5.18. The first-order valence-electron chi connectivity index (χ1n) is 10.2. The van der Waals surface area contributed by atoms with Crippen molar-refractivity contribution >= 4 is 11.9 Å². The third-order valence-electron chi connectivity index (χ3n) is 4.98. The van der Waals surface area contributed by atoms with Gasteiger partial charge in [0.2, 0.25) is 6.79 Å². The summed E-state index contributed by atoms with van der Waals surface area (Å²) in [6, 6.07) is 21.5. The maximum Gasteiger partial charge on any atom is 0.339 e. The summed E-state index contributed by atoms with van der Waals surface area (Å²) < 4.78 is 21.6. The van der Waals surface area contributed by atoms with Gasteiger partial charge in [-0.25, -0.2) is 4.79 Å². The molecule has 1 amide bonds. The first-order chi connectivity index (χ1) is 15.6. The van der Waals surface area contributed by atoms with Gasteiger partial charge in [0.25, 0.3) is 5.91 Å². The van der Waals surface area contributed by atoms with Gasteiger partial charge in [-0.15, -0.1) is 0 Å². The predicted octanol–water partition coefficient (Wildman–Crippen LogP) is 4.03. The first-order valence-corrected chi connectivity index (χ1v) is 10.2. The number of hydrogen-bond donors (Lipinski definition) is 1. The number of para-hydroxylation sites is 1. The molecule has 164 valence electrons. The summed E-state index contributed by atoms with van der Waals surface area (Å²) in [5, 5.41) is 2.82. The van der Waals surface area contributed by atoms with Crippen LogP contribution in [0.15, 0.2) is 72.8 Å². The number of fused-ring (bicyclic) bond motifs is 1. The van der Waals surface area contributed by atoms with E-state index in [1.165, 1.54) is 0 Å². The van der Waals surface area contributed by atoms with Gasteiger partial charge in [0.1, 0.15) is 12.4 Å². The summed E-state index contributed by atoms with van der Waals surface area (Å²) in [7, 11) is 0. The number of nitrogens with one attached hydrogen (secondary N) is 1. The van der Waals surface area contributed by atoms with Crippen molar-refractivity contribution in [2.24, 2.45) is 0 Å². The van der Waals surface area contributed by atoms with Crippen LogP contribution in [0.5, 0.6) is 17.2 Å². The van der Waals surface area contributed by atoms with Crippen LogP contribution in [0, 0.1) is 0 Å². The van der Waals surface area contributed by atoms with Gasteiger partial charge in [-0.3, -0.25) is 4.79 Å². The van der Waals surface area contributed by atoms with E-state index in [1.54, 1.807) is 24.3 Å². The number of carbonyl (C=O) groups excluding carboxylic acids is 2. The highest BCUT2D eigenvalue weighted by atomic mass is 16.7. The van der Waals surface area contributed by atoms with E-state index in [4.69, 9.17) is 18.9 Å². The van der Waals surface area contributed by atoms with E-state index < -0.39 is 11.9 Å². The third-order valence-corrected chi connectivity index (χ3v) is 4.98. The fraction of sp³-hybridized carbons (Fsp3) is 0.200. The van der Waals surface area contributed by atoms with Crippen LogP contribution in [0.3, 0.4) is 0 Å². The van der Waals surface area contributed by atoms with E-state index in [0.29, 0.717) is 28.4 Å². The predicted molar refractivity (Wildman–Crippen MR) is 117 cm³/mol. The molecule has 0 unspecified atom stereocenters. The molecule has 0 bridgehead atoms. The molecule has 0 fully saturated rings. The molecule has 1 heterocycles. The van der Waals surface area contributed by atoms with Gasteiger partial charge in [-0.05, 0) is 42.8 Å². The second kappa shape index (κ2) is 9.87. The lowest BCUT2D eigenvalue weighted by Gasteiger charge is -2.15. The summed E-state index contributed by atoms with van der Waals surface area (Å²) in [6.45, 7) is 1.85. The molecule has 0 spiro atoms. The number of carbonyl (C=O) groups is 2. The summed E-state index contributed by atoms with van der Waals surface area (Å²) in [5.41, 5.74) is 1.90. The molecule has 3 aromatic carbocycles. The van der Waals surface area contributed by atoms with Gasteiger partial charge in [0.05, 0.1) is 11.6 Å². The lowest BCUT2D eigenvalue weighted by atomic mass is 10.1. The summed E-state index contributed by atoms with van der Waals surface area (Å²) >= 11 is 0. The number of benzene rings is 3. The summed E-state index contributed by atoms with van der Waals surface area (Å²) in [5.74, 6) is 1.04. The van der Waals surface area contributed by atoms with E-state index in [2.05, 4.69) is 5.32 Å². The highest BCUT2D eigenvalue weighted by Gasteiger charge is 2.18. The van der Waals surface area contributed by atoms with E-state index >= 15 is 0 Å². The normalized spacial score (nSPS) is 12.7. The quantitative estimate of drug-likeness (QED) is 0.540. The lowest BCUT2D eigenvalue weighted by molar-refractivity contribution is -0.124. The number of esters is 1. The Morgan fingerprint density at radius 1 is 0.969 bits per heavy atom. The van der Waals surface area contributed by atoms with Crippen molar-refractivity contribution in [3.05, 3.63) is 89.5 Å². The molecular formula is C25H23NO6. The van der Waals surface area contributed by atoms with Crippen LogP contribution < -0.4 is 19.5 Å². The standard InChI is InChI=1S/C25H23NO6/c1-17(18-11-12-22-23(13-18)32-16-31-22)26-24(27)15-30-25(28)21-10-6-5-7-19(21)14-29-20-8-3-2-4-9-20/h2-13,17H,14-16H2,1H3,(H,26,27)/t17-/m0/s1. The maximum absolute atomic E-state index is 12.6. The average Bonchev–Trinajstić information content (AvgIpc) is 3.30. The molecule has 1 atom stereocenters. The minimum absolute atomic E-state index is 0.188. The zero-order chi connectivity index (χ0) is 22.3. The van der Waals surface area contributed by atoms with Crippen LogP contribution in [0.25, 0.3) is 0 Å². The van der Waals surface area contributed by atoms with E-state index in [1.807, 2.05) is 55.5 Å². The van der Waals surface area contributed by atoms with Crippen LogP contribution in [-0.2, 0) is 16.1 Å². The van der Waals surface area contributed by atoms with Crippen LogP contribution in [-0.4, -0.2) is 25.3 Å². The largest absolute Gasteiger partial charge is 0.489 e. The molecule has 3 aromatic rings. The number of ether oxygens (including phenoxy) is 4. The fourth-order valence-electron chi connectivity index (χ4n) is 3.28. The Hall–Kier alpha value is -4.00. The summed E-state index contributed by atoms with van der Waals surface area (Å²) in [4.78, 5) is 24.9. The molecule has 1 N–H and O–H groups in total. The van der Waals surface area contributed by atoms with Gasteiger partial charge in [0, 0.05) is 5.56 Å². The van der Waals surface area contributed by atoms with E-state index in [-0.39, 0.29) is 26.0 Å². The Morgan fingerprint density at radius 3 is 2.56 bits per heavy atom. The Morgan fingerprint density at radius 2 is 1.72 bits per heavy atom. The Kier molecular flexibility index (Phi) is 6.55. The first kappa shape index (κ1) is 21.2. The molecule has 0 radical (unpaired) electrons. The fourth-order valence-corrected chi connectivity index (χ4v) is 3.28. The number of hydrogen-bond acceptors (Lipinski definition) is 6. The van der Waals surface area contributed by atoms with Crippen molar-refractivity contribution < 1.29 is 28.5 Å². The Balaban J connectivity index is 1.31. The van der Waals surface area contributed by atoms with E-state index in [9.17, 15) is 9.59 Å². The highest BCUT2D eigenvalue weighted by molar-refractivity contribution is 5.92. The molecule has 1 aliphatic heterocycles.